The van der Waals surface area contributed by atoms with Crippen LogP contribution in [0.1, 0.15) is 25.8 Å². The smallest absolute Gasteiger partial charge is 0.317 e. The lowest BCUT2D eigenvalue weighted by Gasteiger charge is -2.25. The Morgan fingerprint density at radius 2 is 2.05 bits per heavy atom. The topological polar surface area (TPSA) is 60.9 Å². The maximum atomic E-state index is 12.4. The molecule has 1 N–H and O–H groups in total. The van der Waals surface area contributed by atoms with Gasteiger partial charge in [0, 0.05) is 31.2 Å². The van der Waals surface area contributed by atoms with E-state index in [0.29, 0.717) is 13.0 Å². The van der Waals surface area contributed by atoms with Gasteiger partial charge in [0.1, 0.15) is 0 Å². The molecule has 1 amide bonds. The number of benzene rings is 1. The highest BCUT2D eigenvalue weighted by Crippen LogP contribution is 2.27. The van der Waals surface area contributed by atoms with Crippen LogP contribution in [0.5, 0.6) is 0 Å². The van der Waals surface area contributed by atoms with Crippen molar-refractivity contribution in [2.24, 2.45) is 0 Å². The summed E-state index contributed by atoms with van der Waals surface area (Å²) >= 11 is 0. The molecule has 2 rings (SSSR count). The fourth-order valence-electron chi connectivity index (χ4n) is 2.67. The van der Waals surface area contributed by atoms with E-state index in [9.17, 15) is 9.59 Å². The lowest BCUT2D eigenvalue weighted by Crippen LogP contribution is -2.39. The van der Waals surface area contributed by atoms with Crippen molar-refractivity contribution < 1.29 is 14.7 Å². The number of aliphatic carboxylic acids is 1. The number of anilines is 1. The Labute approximate surface area is 125 Å². The van der Waals surface area contributed by atoms with Crippen molar-refractivity contribution in [1.82, 2.24) is 4.90 Å². The van der Waals surface area contributed by atoms with E-state index in [1.807, 2.05) is 47.9 Å². The van der Waals surface area contributed by atoms with Crippen LogP contribution < -0.4 is 4.90 Å². The van der Waals surface area contributed by atoms with Gasteiger partial charge in [0.15, 0.2) is 0 Å². The molecule has 0 radical (unpaired) electrons. The zero-order valence-corrected chi connectivity index (χ0v) is 12.6. The molecule has 1 aliphatic rings. The highest BCUT2D eigenvalue weighted by molar-refractivity contribution is 5.95. The van der Waals surface area contributed by atoms with E-state index >= 15 is 0 Å². The zero-order chi connectivity index (χ0) is 15.4. The van der Waals surface area contributed by atoms with E-state index in [1.165, 1.54) is 5.56 Å². The molecule has 0 aliphatic carbocycles. The van der Waals surface area contributed by atoms with Gasteiger partial charge in [-0.15, -0.1) is 0 Å². The van der Waals surface area contributed by atoms with Crippen LogP contribution in [0, 0.1) is 0 Å². The third kappa shape index (κ3) is 3.82. The van der Waals surface area contributed by atoms with Crippen LogP contribution in [0.3, 0.4) is 0 Å². The molecule has 1 aromatic carbocycles. The van der Waals surface area contributed by atoms with Gasteiger partial charge in [0.2, 0.25) is 5.91 Å². The first-order valence-corrected chi connectivity index (χ1v) is 7.33. The van der Waals surface area contributed by atoms with Gasteiger partial charge < -0.3 is 10.0 Å². The largest absolute Gasteiger partial charge is 0.480 e. The van der Waals surface area contributed by atoms with Crippen LogP contribution in [-0.2, 0) is 16.0 Å². The number of amides is 1. The van der Waals surface area contributed by atoms with Gasteiger partial charge in [0.05, 0.1) is 6.54 Å². The molecule has 5 nitrogen and oxygen atoms in total. The van der Waals surface area contributed by atoms with Crippen molar-refractivity contribution in [3.8, 4) is 0 Å². The number of carbonyl (C=O) groups is 2. The quantitative estimate of drug-likeness (QED) is 0.867. The monoisotopic (exact) mass is 290 g/mol. The number of rotatable bonds is 6. The highest BCUT2D eigenvalue weighted by atomic mass is 16.4. The Hall–Kier alpha value is -1.88. The number of para-hydroxylation sites is 1. The van der Waals surface area contributed by atoms with E-state index in [2.05, 4.69) is 0 Å². The number of carboxylic acids is 1. The van der Waals surface area contributed by atoms with Crippen molar-refractivity contribution in [2.75, 3.05) is 24.5 Å². The summed E-state index contributed by atoms with van der Waals surface area (Å²) in [6.07, 6.45) is 1.24. The molecule has 114 valence electrons. The fraction of sp³-hybridized carbons (Fsp3) is 0.500. The maximum absolute atomic E-state index is 12.4. The second-order valence-corrected chi connectivity index (χ2v) is 5.63. The minimum Gasteiger partial charge on any atom is -0.480 e. The number of nitrogens with zero attached hydrogens (tertiary/aromatic N) is 2. The van der Waals surface area contributed by atoms with Gasteiger partial charge in [-0.2, -0.15) is 0 Å². The molecule has 0 saturated carbocycles. The number of carboxylic acid groups (broad SMARTS) is 1. The average Bonchev–Trinajstić information content (AvgIpc) is 2.86. The van der Waals surface area contributed by atoms with E-state index in [-0.39, 0.29) is 18.5 Å². The molecule has 0 fully saturated rings. The lowest BCUT2D eigenvalue weighted by atomic mass is 10.2. The Bertz CT molecular complexity index is 528. The summed E-state index contributed by atoms with van der Waals surface area (Å²) in [5.41, 5.74) is 2.20. The van der Waals surface area contributed by atoms with Crippen LogP contribution in [-0.4, -0.2) is 47.6 Å². The normalized spacial score (nSPS) is 13.8. The minimum atomic E-state index is -0.859. The van der Waals surface area contributed by atoms with Crippen molar-refractivity contribution in [1.29, 1.82) is 0 Å². The summed E-state index contributed by atoms with van der Waals surface area (Å²) < 4.78 is 0. The third-order valence-electron chi connectivity index (χ3n) is 3.87. The lowest BCUT2D eigenvalue weighted by molar-refractivity contribution is -0.139. The third-order valence-corrected chi connectivity index (χ3v) is 3.87. The number of carbonyl (C=O) groups excluding carboxylic acids is 1. The Morgan fingerprint density at radius 3 is 2.71 bits per heavy atom. The van der Waals surface area contributed by atoms with Gasteiger partial charge in [-0.25, -0.2) is 0 Å². The van der Waals surface area contributed by atoms with E-state index < -0.39 is 5.97 Å². The molecule has 0 spiro atoms. The van der Waals surface area contributed by atoms with Crippen LogP contribution >= 0.6 is 0 Å². The number of hydrogen-bond acceptors (Lipinski definition) is 3. The molecular formula is C16H22N2O3. The summed E-state index contributed by atoms with van der Waals surface area (Å²) in [7, 11) is 0. The molecule has 0 aromatic heterocycles. The van der Waals surface area contributed by atoms with E-state index in [0.717, 1.165) is 18.7 Å². The molecule has 1 aromatic rings. The Balaban J connectivity index is 1.95. The summed E-state index contributed by atoms with van der Waals surface area (Å²) in [4.78, 5) is 26.8. The predicted molar refractivity (Wildman–Crippen MR) is 81.5 cm³/mol. The molecule has 0 atom stereocenters. The van der Waals surface area contributed by atoms with Crippen LogP contribution in [0.25, 0.3) is 0 Å². The molecule has 1 heterocycles. The van der Waals surface area contributed by atoms with Crippen LogP contribution in [0.15, 0.2) is 24.3 Å². The van der Waals surface area contributed by atoms with Gasteiger partial charge in [-0.3, -0.25) is 14.5 Å². The molecule has 5 heteroatoms. The van der Waals surface area contributed by atoms with E-state index in [4.69, 9.17) is 5.11 Å². The van der Waals surface area contributed by atoms with Gasteiger partial charge in [0.25, 0.3) is 0 Å². The van der Waals surface area contributed by atoms with Crippen molar-refractivity contribution in [3.05, 3.63) is 29.8 Å². The average molecular weight is 290 g/mol. The summed E-state index contributed by atoms with van der Waals surface area (Å²) in [6, 6.07) is 8.06. The molecule has 0 unspecified atom stereocenters. The van der Waals surface area contributed by atoms with Gasteiger partial charge in [-0.1, -0.05) is 18.2 Å². The summed E-state index contributed by atoms with van der Waals surface area (Å²) in [5.74, 6) is -0.793. The second kappa shape index (κ2) is 6.72. The molecule has 1 aliphatic heterocycles. The first-order valence-electron chi connectivity index (χ1n) is 7.33. The van der Waals surface area contributed by atoms with Crippen molar-refractivity contribution in [2.45, 2.75) is 32.7 Å². The first kappa shape index (κ1) is 15.5. The zero-order valence-electron chi connectivity index (χ0n) is 12.6. The van der Waals surface area contributed by atoms with Gasteiger partial charge in [-0.05, 0) is 31.9 Å². The van der Waals surface area contributed by atoms with Gasteiger partial charge >= 0.3 is 5.97 Å². The molecule has 21 heavy (non-hydrogen) atoms. The van der Waals surface area contributed by atoms with E-state index in [1.54, 1.807) is 0 Å². The number of fused-ring (bicyclic) bond motifs is 1. The van der Waals surface area contributed by atoms with Crippen LogP contribution in [0.4, 0.5) is 5.69 Å². The molecular weight excluding hydrogens is 268 g/mol. The second-order valence-electron chi connectivity index (χ2n) is 5.63. The van der Waals surface area contributed by atoms with Crippen LogP contribution in [0.2, 0.25) is 0 Å². The fourth-order valence-corrected chi connectivity index (χ4v) is 2.67. The highest BCUT2D eigenvalue weighted by Gasteiger charge is 2.24. The summed E-state index contributed by atoms with van der Waals surface area (Å²) in [6.45, 7) is 5.05. The van der Waals surface area contributed by atoms with Crippen molar-refractivity contribution >= 4 is 17.6 Å². The predicted octanol–water partition coefficient (Wildman–Crippen LogP) is 1.76. The molecule has 0 saturated heterocycles. The van der Waals surface area contributed by atoms with Crippen molar-refractivity contribution in [3.63, 3.8) is 0 Å². The number of hydrogen-bond donors (Lipinski definition) is 1. The molecule has 0 bridgehead atoms. The maximum Gasteiger partial charge on any atom is 0.317 e. The first-order chi connectivity index (χ1) is 9.99. The Kier molecular flexibility index (Phi) is 4.96. The standard InChI is InChI=1S/C16H22N2O3/c1-12(2)17(11-16(20)21)9-8-15(19)18-10-7-13-5-3-4-6-14(13)18/h3-6,12H,7-11H2,1-2H3,(H,20,21). The Morgan fingerprint density at radius 1 is 1.33 bits per heavy atom. The summed E-state index contributed by atoms with van der Waals surface area (Å²) in [5, 5.41) is 8.90. The minimum absolute atomic E-state index is 0.0263. The SMILES string of the molecule is CC(C)N(CCC(=O)N1CCc2ccccc21)CC(=O)O.